The molecule has 3 aromatic rings. The highest BCUT2D eigenvalue weighted by atomic mass is 32.1. The Kier molecular flexibility index (Phi) is 5.18. The quantitative estimate of drug-likeness (QED) is 0.715. The van der Waals surface area contributed by atoms with E-state index < -0.39 is 0 Å². The molecule has 1 heterocycles. The van der Waals surface area contributed by atoms with E-state index in [0.717, 1.165) is 5.56 Å². The number of thiazole rings is 1. The smallest absolute Gasteiger partial charge is 0.267 e. The van der Waals surface area contributed by atoms with Gasteiger partial charge in [0.25, 0.3) is 5.91 Å². The minimum Gasteiger partial charge on any atom is -0.497 e. The predicted octanol–water partition coefficient (Wildman–Crippen LogP) is 4.53. The number of nitrogens with one attached hydrogen (secondary N) is 1. The first kappa shape index (κ1) is 17.9. The van der Waals surface area contributed by atoms with E-state index in [0.29, 0.717) is 32.8 Å². The van der Waals surface area contributed by atoms with Gasteiger partial charge in [0.2, 0.25) is 0 Å². The predicted molar refractivity (Wildman–Crippen MR) is 99.7 cm³/mol. The van der Waals surface area contributed by atoms with Crippen molar-refractivity contribution in [1.82, 2.24) is 4.98 Å². The van der Waals surface area contributed by atoms with Gasteiger partial charge in [-0.05, 0) is 31.2 Å². The van der Waals surface area contributed by atoms with Crippen LogP contribution in [0.5, 0.6) is 11.5 Å². The zero-order valence-corrected chi connectivity index (χ0v) is 15.3. The van der Waals surface area contributed by atoms with Crippen LogP contribution >= 0.6 is 11.3 Å². The van der Waals surface area contributed by atoms with Gasteiger partial charge in [0.1, 0.15) is 27.2 Å². The molecule has 0 radical (unpaired) electrons. The van der Waals surface area contributed by atoms with Crippen molar-refractivity contribution >= 4 is 22.9 Å². The number of hydrogen-bond acceptors (Lipinski definition) is 5. The van der Waals surface area contributed by atoms with Crippen molar-refractivity contribution in [2.24, 2.45) is 0 Å². The molecule has 0 bridgehead atoms. The number of anilines is 1. The molecular weight excluding hydrogens is 355 g/mol. The Morgan fingerprint density at radius 3 is 2.27 bits per heavy atom. The molecule has 0 unspecified atom stereocenters. The average molecular weight is 372 g/mol. The number of benzene rings is 2. The van der Waals surface area contributed by atoms with Crippen LogP contribution in [0.25, 0.3) is 10.6 Å². The monoisotopic (exact) mass is 372 g/mol. The summed E-state index contributed by atoms with van der Waals surface area (Å²) in [5, 5.41) is 3.50. The third-order valence-electron chi connectivity index (χ3n) is 3.70. The Bertz CT molecular complexity index is 916. The van der Waals surface area contributed by atoms with Crippen LogP contribution in [0.15, 0.2) is 42.5 Å². The highest BCUT2D eigenvalue weighted by Crippen LogP contribution is 2.30. The lowest BCUT2D eigenvalue weighted by Crippen LogP contribution is -2.11. The standard InChI is InChI=1S/C19H17FN2O3S/c1-11-17(26-19(21-11)12-4-6-13(20)7-5-12)18(23)22-14-8-15(24-2)10-16(9-14)25-3/h4-10H,1-3H3,(H,22,23). The highest BCUT2D eigenvalue weighted by molar-refractivity contribution is 7.17. The van der Waals surface area contributed by atoms with Crippen LogP contribution in [0, 0.1) is 12.7 Å². The van der Waals surface area contributed by atoms with Crippen molar-refractivity contribution in [3.63, 3.8) is 0 Å². The SMILES string of the molecule is COc1cc(NC(=O)c2sc(-c3ccc(F)cc3)nc2C)cc(OC)c1. The lowest BCUT2D eigenvalue weighted by molar-refractivity contribution is 0.103. The molecule has 2 aromatic carbocycles. The first-order valence-electron chi connectivity index (χ1n) is 7.78. The third kappa shape index (κ3) is 3.83. The molecule has 26 heavy (non-hydrogen) atoms. The fraction of sp³-hybridized carbons (Fsp3) is 0.158. The number of rotatable bonds is 5. The molecule has 7 heteroatoms. The Balaban J connectivity index is 1.85. The van der Waals surface area contributed by atoms with E-state index in [1.807, 2.05) is 0 Å². The molecule has 1 N–H and O–H groups in total. The second-order valence-corrected chi connectivity index (χ2v) is 6.49. The van der Waals surface area contributed by atoms with Gasteiger partial charge in [-0.1, -0.05) is 0 Å². The molecule has 5 nitrogen and oxygen atoms in total. The van der Waals surface area contributed by atoms with E-state index in [-0.39, 0.29) is 11.7 Å². The van der Waals surface area contributed by atoms with Gasteiger partial charge in [-0.3, -0.25) is 4.79 Å². The van der Waals surface area contributed by atoms with Gasteiger partial charge in [0.15, 0.2) is 0 Å². The zero-order chi connectivity index (χ0) is 18.7. The molecular formula is C19H17FN2O3S. The molecule has 0 aliphatic heterocycles. The summed E-state index contributed by atoms with van der Waals surface area (Å²) in [5.41, 5.74) is 1.94. The van der Waals surface area contributed by atoms with Gasteiger partial charge in [-0.25, -0.2) is 9.37 Å². The molecule has 1 aromatic heterocycles. The number of methoxy groups -OCH3 is 2. The summed E-state index contributed by atoms with van der Waals surface area (Å²) >= 11 is 1.26. The van der Waals surface area contributed by atoms with Crippen molar-refractivity contribution < 1.29 is 18.7 Å². The third-order valence-corrected chi connectivity index (χ3v) is 4.91. The van der Waals surface area contributed by atoms with Crippen molar-refractivity contribution in [1.29, 1.82) is 0 Å². The van der Waals surface area contributed by atoms with E-state index >= 15 is 0 Å². The number of ether oxygens (including phenoxy) is 2. The lowest BCUT2D eigenvalue weighted by atomic mass is 10.2. The number of hydrogen-bond donors (Lipinski definition) is 1. The van der Waals surface area contributed by atoms with Crippen LogP contribution in [0.1, 0.15) is 15.4 Å². The minimum atomic E-state index is -0.313. The van der Waals surface area contributed by atoms with Gasteiger partial charge in [0, 0.05) is 29.4 Å². The van der Waals surface area contributed by atoms with Crippen LogP contribution in [-0.2, 0) is 0 Å². The molecule has 0 atom stereocenters. The second kappa shape index (κ2) is 7.53. The van der Waals surface area contributed by atoms with Gasteiger partial charge in [-0.2, -0.15) is 0 Å². The molecule has 134 valence electrons. The summed E-state index contributed by atoms with van der Waals surface area (Å²) in [7, 11) is 3.09. The summed E-state index contributed by atoms with van der Waals surface area (Å²) in [6.45, 7) is 1.77. The Hall–Kier alpha value is -2.93. The summed E-state index contributed by atoms with van der Waals surface area (Å²) < 4.78 is 23.5. The first-order chi connectivity index (χ1) is 12.5. The fourth-order valence-corrected chi connectivity index (χ4v) is 3.36. The Morgan fingerprint density at radius 2 is 1.69 bits per heavy atom. The normalized spacial score (nSPS) is 10.5. The van der Waals surface area contributed by atoms with Crippen molar-refractivity contribution in [2.45, 2.75) is 6.92 Å². The van der Waals surface area contributed by atoms with Crippen molar-refractivity contribution in [3.05, 3.63) is 58.9 Å². The number of aryl methyl sites for hydroxylation is 1. The van der Waals surface area contributed by atoms with Crippen molar-refractivity contribution in [2.75, 3.05) is 19.5 Å². The maximum atomic E-state index is 13.1. The molecule has 3 rings (SSSR count). The lowest BCUT2D eigenvalue weighted by Gasteiger charge is -2.09. The molecule has 0 aliphatic rings. The van der Waals surface area contributed by atoms with Crippen LogP contribution in [0.3, 0.4) is 0 Å². The molecule has 1 amide bonds. The molecule has 0 spiro atoms. The van der Waals surface area contributed by atoms with Gasteiger partial charge < -0.3 is 14.8 Å². The number of nitrogens with zero attached hydrogens (tertiary/aromatic N) is 1. The van der Waals surface area contributed by atoms with E-state index in [1.165, 1.54) is 23.5 Å². The number of amides is 1. The Morgan fingerprint density at radius 1 is 1.08 bits per heavy atom. The van der Waals surface area contributed by atoms with Gasteiger partial charge >= 0.3 is 0 Å². The molecule has 0 aliphatic carbocycles. The van der Waals surface area contributed by atoms with Crippen LogP contribution in [0.4, 0.5) is 10.1 Å². The van der Waals surface area contributed by atoms with Crippen LogP contribution < -0.4 is 14.8 Å². The topological polar surface area (TPSA) is 60.5 Å². The maximum absolute atomic E-state index is 13.1. The molecule has 0 fully saturated rings. The van der Waals surface area contributed by atoms with E-state index in [2.05, 4.69) is 10.3 Å². The number of aromatic nitrogens is 1. The molecule has 0 saturated heterocycles. The van der Waals surface area contributed by atoms with Crippen LogP contribution in [-0.4, -0.2) is 25.1 Å². The Labute approximate surface area is 154 Å². The summed E-state index contributed by atoms with van der Waals surface area (Å²) in [6, 6.07) is 11.2. The van der Waals surface area contributed by atoms with E-state index in [4.69, 9.17) is 9.47 Å². The summed E-state index contributed by atoms with van der Waals surface area (Å²) in [5.74, 6) is 0.566. The van der Waals surface area contributed by atoms with E-state index in [9.17, 15) is 9.18 Å². The first-order valence-corrected chi connectivity index (χ1v) is 8.59. The number of carbonyl (C=O) groups is 1. The largest absolute Gasteiger partial charge is 0.497 e. The summed E-state index contributed by atoms with van der Waals surface area (Å²) in [4.78, 5) is 17.6. The highest BCUT2D eigenvalue weighted by Gasteiger charge is 2.17. The maximum Gasteiger partial charge on any atom is 0.267 e. The zero-order valence-electron chi connectivity index (χ0n) is 14.5. The average Bonchev–Trinajstić information content (AvgIpc) is 3.03. The van der Waals surface area contributed by atoms with Crippen LogP contribution in [0.2, 0.25) is 0 Å². The van der Waals surface area contributed by atoms with E-state index in [1.54, 1.807) is 51.5 Å². The van der Waals surface area contributed by atoms with Gasteiger partial charge in [0.05, 0.1) is 19.9 Å². The molecule has 0 saturated carbocycles. The number of halogens is 1. The minimum absolute atomic E-state index is 0.274. The number of carbonyl (C=O) groups excluding carboxylic acids is 1. The summed E-state index contributed by atoms with van der Waals surface area (Å²) in [6.07, 6.45) is 0. The fourth-order valence-electron chi connectivity index (χ4n) is 2.39. The second-order valence-electron chi connectivity index (χ2n) is 5.50. The van der Waals surface area contributed by atoms with Crippen molar-refractivity contribution in [3.8, 4) is 22.1 Å². The van der Waals surface area contributed by atoms with Gasteiger partial charge in [-0.15, -0.1) is 11.3 Å².